The van der Waals surface area contributed by atoms with Crippen LogP contribution in [0.4, 0.5) is 9.32 Å². The van der Waals surface area contributed by atoms with Crippen LogP contribution < -0.4 is 10.3 Å². The average Bonchev–Trinajstić information content (AvgIpc) is 2.90. The van der Waals surface area contributed by atoms with Crippen LogP contribution in [0.1, 0.15) is 39.2 Å². The van der Waals surface area contributed by atoms with Crippen LogP contribution in [0.25, 0.3) is 0 Å². The molecular formula is C18H22FN3O3S. The number of amidine groups is 1. The highest BCUT2D eigenvalue weighted by Crippen LogP contribution is 2.32. The molecule has 1 aromatic rings. The van der Waals surface area contributed by atoms with Crippen molar-refractivity contribution in [1.82, 2.24) is 10.2 Å². The standard InChI is InChI=1S/C18H22FN3O3S/c1-17(2,3)24-16(23)22-9-7-18(8-10-22)15(26)20-14(21-18)12-5-4-6-13(11-12)25-19/h4-6,11H,7-10H2,1-3H3,(H,20,21,26). The number of halogens is 1. The summed E-state index contributed by atoms with van der Waals surface area (Å²) in [5.74, 6) is 0.707. The van der Waals surface area contributed by atoms with Crippen LogP contribution in [0, 0.1) is 0 Å². The number of amides is 1. The van der Waals surface area contributed by atoms with E-state index < -0.39 is 11.1 Å². The van der Waals surface area contributed by atoms with Crippen molar-refractivity contribution in [3.8, 4) is 5.75 Å². The van der Waals surface area contributed by atoms with Crippen molar-refractivity contribution in [2.75, 3.05) is 13.1 Å². The second kappa shape index (κ2) is 6.83. The Morgan fingerprint density at radius 3 is 2.65 bits per heavy atom. The number of piperidine rings is 1. The van der Waals surface area contributed by atoms with Crippen LogP contribution in [0.2, 0.25) is 0 Å². The van der Waals surface area contributed by atoms with Gasteiger partial charge in [0.1, 0.15) is 22.0 Å². The molecule has 3 rings (SSSR count). The molecule has 2 heterocycles. The molecule has 2 aliphatic rings. The third-order valence-electron chi connectivity index (χ3n) is 4.42. The van der Waals surface area contributed by atoms with Crippen LogP contribution in [0.3, 0.4) is 0 Å². The van der Waals surface area contributed by atoms with Gasteiger partial charge in [0.2, 0.25) is 0 Å². The van der Waals surface area contributed by atoms with E-state index in [-0.39, 0.29) is 11.8 Å². The van der Waals surface area contributed by atoms with E-state index in [0.29, 0.717) is 42.3 Å². The third-order valence-corrected chi connectivity index (χ3v) is 4.90. The summed E-state index contributed by atoms with van der Waals surface area (Å²) in [7, 11) is 0. The number of nitrogens with one attached hydrogen (secondary N) is 1. The maximum atomic E-state index is 12.4. The molecule has 0 saturated carbocycles. The van der Waals surface area contributed by atoms with E-state index in [1.165, 1.54) is 6.07 Å². The van der Waals surface area contributed by atoms with E-state index in [1.54, 1.807) is 17.0 Å². The van der Waals surface area contributed by atoms with E-state index in [9.17, 15) is 9.32 Å². The Balaban J connectivity index is 1.72. The van der Waals surface area contributed by atoms with Crippen molar-refractivity contribution in [2.24, 2.45) is 4.99 Å². The predicted molar refractivity (Wildman–Crippen MR) is 100 cm³/mol. The first kappa shape index (κ1) is 18.6. The number of rotatable bonds is 2. The molecule has 0 atom stereocenters. The molecule has 0 radical (unpaired) electrons. The summed E-state index contributed by atoms with van der Waals surface area (Å²) >= 11 is 5.52. The van der Waals surface area contributed by atoms with Gasteiger partial charge in [-0.05, 0) is 45.7 Å². The summed E-state index contributed by atoms with van der Waals surface area (Å²) in [6.45, 7) is 6.57. The largest absolute Gasteiger partial charge is 0.444 e. The summed E-state index contributed by atoms with van der Waals surface area (Å²) in [6, 6.07) is 6.58. The number of benzene rings is 1. The van der Waals surface area contributed by atoms with Gasteiger partial charge < -0.3 is 15.0 Å². The number of hydrogen-bond acceptors (Lipinski definition) is 5. The summed E-state index contributed by atoms with van der Waals surface area (Å²) in [5, 5.41) is 3.13. The number of likely N-dealkylation sites (tertiary alicyclic amines) is 1. The van der Waals surface area contributed by atoms with E-state index >= 15 is 0 Å². The lowest BCUT2D eigenvalue weighted by molar-refractivity contribution is -0.00621. The lowest BCUT2D eigenvalue weighted by Crippen LogP contribution is -2.50. The Hall–Kier alpha value is -2.22. The first-order valence-corrected chi connectivity index (χ1v) is 8.91. The van der Waals surface area contributed by atoms with Gasteiger partial charge in [0.25, 0.3) is 0 Å². The summed E-state index contributed by atoms with van der Waals surface area (Å²) in [6.07, 6.45) is 0.906. The molecule has 140 valence electrons. The summed E-state index contributed by atoms with van der Waals surface area (Å²) < 4.78 is 17.8. The predicted octanol–water partition coefficient (Wildman–Crippen LogP) is 3.40. The van der Waals surface area contributed by atoms with Crippen LogP contribution in [0.15, 0.2) is 29.3 Å². The molecule has 8 heteroatoms. The highest BCUT2D eigenvalue weighted by molar-refractivity contribution is 7.80. The maximum Gasteiger partial charge on any atom is 0.410 e. The number of nitrogens with zero attached hydrogens (tertiary/aromatic N) is 2. The monoisotopic (exact) mass is 379 g/mol. The number of ether oxygens (including phenoxy) is 1. The molecule has 1 N–H and O–H groups in total. The zero-order valence-electron chi connectivity index (χ0n) is 15.0. The molecule has 0 bridgehead atoms. The molecule has 1 saturated heterocycles. The van der Waals surface area contributed by atoms with Crippen LogP contribution in [-0.2, 0) is 4.74 Å². The molecular weight excluding hydrogens is 357 g/mol. The lowest BCUT2D eigenvalue weighted by Gasteiger charge is -2.37. The van der Waals surface area contributed by atoms with Gasteiger partial charge in [-0.3, -0.25) is 9.93 Å². The summed E-state index contributed by atoms with van der Waals surface area (Å²) in [5.41, 5.74) is -0.352. The summed E-state index contributed by atoms with van der Waals surface area (Å²) in [4.78, 5) is 23.1. The molecule has 0 aliphatic carbocycles. The zero-order chi connectivity index (χ0) is 18.9. The Bertz CT molecular complexity index is 752. The molecule has 6 nitrogen and oxygen atoms in total. The molecule has 1 amide bonds. The smallest absolute Gasteiger partial charge is 0.410 e. The Kier molecular flexibility index (Phi) is 4.88. The Labute approximate surface area is 157 Å². The van der Waals surface area contributed by atoms with Crippen molar-refractivity contribution < 1.29 is 19.0 Å². The molecule has 1 fully saturated rings. The normalized spacial score (nSPS) is 19.2. The topological polar surface area (TPSA) is 63.2 Å². The third kappa shape index (κ3) is 3.80. The number of aliphatic imine (C=N–C) groups is 1. The van der Waals surface area contributed by atoms with Crippen molar-refractivity contribution in [2.45, 2.75) is 44.8 Å². The average molecular weight is 379 g/mol. The van der Waals surface area contributed by atoms with E-state index in [2.05, 4.69) is 10.3 Å². The zero-order valence-corrected chi connectivity index (χ0v) is 15.9. The van der Waals surface area contributed by atoms with Gasteiger partial charge in [0, 0.05) is 23.2 Å². The van der Waals surface area contributed by atoms with Gasteiger partial charge in [-0.25, -0.2) is 4.79 Å². The van der Waals surface area contributed by atoms with Crippen LogP contribution >= 0.6 is 12.2 Å². The van der Waals surface area contributed by atoms with Crippen molar-refractivity contribution in [1.29, 1.82) is 0 Å². The van der Waals surface area contributed by atoms with Gasteiger partial charge in [-0.1, -0.05) is 24.4 Å². The van der Waals surface area contributed by atoms with Crippen LogP contribution in [-0.4, -0.2) is 46.0 Å². The second-order valence-electron chi connectivity index (χ2n) is 7.52. The fraction of sp³-hybridized carbons (Fsp3) is 0.500. The van der Waals surface area contributed by atoms with Crippen molar-refractivity contribution >= 4 is 29.1 Å². The Morgan fingerprint density at radius 1 is 1.35 bits per heavy atom. The molecule has 0 aromatic heterocycles. The van der Waals surface area contributed by atoms with Gasteiger partial charge in [0.15, 0.2) is 5.75 Å². The minimum absolute atomic E-state index is 0.110. The molecule has 2 aliphatic heterocycles. The maximum absolute atomic E-state index is 12.4. The first-order chi connectivity index (χ1) is 12.2. The van der Waals surface area contributed by atoms with Gasteiger partial charge in [-0.15, -0.1) is 0 Å². The molecule has 0 unspecified atom stereocenters. The number of carbonyl (C=O) groups excluding carboxylic acids is 1. The fourth-order valence-corrected chi connectivity index (χ4v) is 3.42. The highest BCUT2D eigenvalue weighted by atomic mass is 32.1. The number of hydrogen-bond donors (Lipinski definition) is 1. The second-order valence-corrected chi connectivity index (χ2v) is 7.93. The van der Waals surface area contributed by atoms with Crippen molar-refractivity contribution in [3.63, 3.8) is 0 Å². The SMILES string of the molecule is CC(C)(C)OC(=O)N1CCC2(CC1)N=C(c1cccc(OF)c1)NC2=S. The van der Waals surface area contributed by atoms with E-state index in [0.717, 1.165) is 0 Å². The minimum atomic E-state index is -0.532. The van der Waals surface area contributed by atoms with E-state index in [1.807, 2.05) is 26.8 Å². The first-order valence-electron chi connectivity index (χ1n) is 8.51. The fourth-order valence-electron chi connectivity index (χ4n) is 3.07. The quantitative estimate of drug-likeness (QED) is 0.798. The number of thiocarbonyl (C=S) groups is 1. The molecule has 1 spiro atoms. The molecule has 1 aromatic carbocycles. The lowest BCUT2D eigenvalue weighted by atomic mass is 9.89. The minimum Gasteiger partial charge on any atom is -0.444 e. The molecule has 26 heavy (non-hydrogen) atoms. The Morgan fingerprint density at radius 2 is 2.04 bits per heavy atom. The van der Waals surface area contributed by atoms with Gasteiger partial charge >= 0.3 is 6.09 Å². The van der Waals surface area contributed by atoms with Crippen LogP contribution in [0.5, 0.6) is 5.75 Å². The van der Waals surface area contributed by atoms with Gasteiger partial charge in [-0.2, -0.15) is 0 Å². The number of carbonyl (C=O) groups is 1. The van der Waals surface area contributed by atoms with Crippen molar-refractivity contribution in [3.05, 3.63) is 29.8 Å². The highest BCUT2D eigenvalue weighted by Gasteiger charge is 2.44. The van der Waals surface area contributed by atoms with E-state index in [4.69, 9.17) is 21.9 Å². The van der Waals surface area contributed by atoms with Gasteiger partial charge in [0.05, 0.1) is 0 Å².